The smallest absolute Gasteiger partial charge is 0.335 e. The van der Waals surface area contributed by atoms with Crippen molar-refractivity contribution in [1.29, 1.82) is 0 Å². The molecule has 0 aliphatic carbocycles. The van der Waals surface area contributed by atoms with E-state index >= 15 is 0 Å². The normalized spacial score (nSPS) is 11.2. The van der Waals surface area contributed by atoms with Crippen LogP contribution in [-0.2, 0) is 19.1 Å². The molecule has 0 atom stereocenters. The maximum Gasteiger partial charge on any atom is 0.335 e. The van der Waals surface area contributed by atoms with Gasteiger partial charge in [-0.2, -0.15) is 5.11 Å². The van der Waals surface area contributed by atoms with Gasteiger partial charge in [0.25, 0.3) is 5.69 Å². The minimum atomic E-state index is -1.28. The summed E-state index contributed by atoms with van der Waals surface area (Å²) < 4.78 is 11.2. The topological polar surface area (TPSA) is 161 Å². The highest BCUT2D eigenvalue weighted by Gasteiger charge is 2.17. The van der Waals surface area contributed by atoms with Crippen molar-refractivity contribution in [1.82, 2.24) is 0 Å². The van der Waals surface area contributed by atoms with Crippen LogP contribution in [0, 0.1) is 10.1 Å². The van der Waals surface area contributed by atoms with Crippen molar-refractivity contribution in [2.24, 2.45) is 10.2 Å². The van der Waals surface area contributed by atoms with Crippen LogP contribution in [0.3, 0.4) is 0 Å². The van der Waals surface area contributed by atoms with Crippen LogP contribution in [0.4, 0.5) is 22.7 Å². The molecule has 12 nitrogen and oxygen atoms in total. The van der Waals surface area contributed by atoms with Crippen molar-refractivity contribution < 1.29 is 33.9 Å². The van der Waals surface area contributed by atoms with E-state index in [1.165, 1.54) is 141 Å². The van der Waals surface area contributed by atoms with Gasteiger partial charge in [0, 0.05) is 24.6 Å². The molecule has 0 saturated heterocycles. The molecular formula is C49H78N4O8. The van der Waals surface area contributed by atoms with Gasteiger partial charge in [-0.1, -0.05) is 168 Å². The van der Waals surface area contributed by atoms with Gasteiger partial charge < -0.3 is 19.5 Å². The van der Waals surface area contributed by atoms with Crippen LogP contribution in [0.15, 0.2) is 52.7 Å². The predicted molar refractivity (Wildman–Crippen MR) is 245 cm³/mol. The van der Waals surface area contributed by atoms with Crippen molar-refractivity contribution >= 4 is 40.7 Å². The molecule has 0 bridgehead atoms. The number of benzene rings is 2. The third-order valence-corrected chi connectivity index (χ3v) is 11.1. The number of carboxylic acid groups (broad SMARTS) is 1. The molecule has 61 heavy (non-hydrogen) atoms. The summed E-state index contributed by atoms with van der Waals surface area (Å²) in [6.07, 6.45) is 33.1. The standard InChI is InChI=1S/C49H78N4O8/c1-3-5-7-9-11-13-15-17-19-21-23-25-27-29-47(54)60-39-37-52(38-40-61-48(55)30-28-26-24-22-20-18-16-14-12-10-8-6-4-2)44-34-32-43(33-35-44)50-51-45-36-31-42(49(56)57)41-46(45)53(58)59/h31-36,41H,3-30,37-40H2,1-2H3,(H,56,57). The second-order valence-corrected chi connectivity index (χ2v) is 16.4. The summed E-state index contributed by atoms with van der Waals surface area (Å²) in [5.74, 6) is -1.71. The zero-order valence-electron chi connectivity index (χ0n) is 37.8. The number of nitrogens with zero attached hydrogens (tertiary/aromatic N) is 4. The Morgan fingerprint density at radius 3 is 1.34 bits per heavy atom. The first kappa shape index (κ1) is 52.8. The molecule has 0 unspecified atom stereocenters. The highest BCUT2D eigenvalue weighted by atomic mass is 16.6. The molecular weight excluding hydrogens is 773 g/mol. The number of unbranched alkanes of at least 4 members (excludes halogenated alkanes) is 24. The fourth-order valence-corrected chi connectivity index (χ4v) is 7.36. The molecule has 0 radical (unpaired) electrons. The van der Waals surface area contributed by atoms with Gasteiger partial charge in [-0.05, 0) is 49.2 Å². The summed E-state index contributed by atoms with van der Waals surface area (Å²) in [7, 11) is 0. The number of ether oxygens (including phenoxy) is 2. The third kappa shape index (κ3) is 26.6. The monoisotopic (exact) mass is 851 g/mol. The first-order valence-electron chi connectivity index (χ1n) is 23.8. The number of azo groups is 1. The Morgan fingerprint density at radius 1 is 0.574 bits per heavy atom. The largest absolute Gasteiger partial charge is 0.478 e. The molecule has 0 aliphatic heterocycles. The fraction of sp³-hybridized carbons (Fsp3) is 0.694. The highest BCUT2D eigenvalue weighted by Crippen LogP contribution is 2.31. The number of aromatic carboxylic acids is 1. The van der Waals surface area contributed by atoms with Gasteiger partial charge in [-0.25, -0.2) is 4.79 Å². The summed E-state index contributed by atoms with van der Waals surface area (Å²) in [6.45, 7) is 5.65. The van der Waals surface area contributed by atoms with Crippen molar-refractivity contribution in [2.45, 2.75) is 194 Å². The van der Waals surface area contributed by atoms with E-state index in [1.54, 1.807) is 24.3 Å². The minimum absolute atomic E-state index is 0.0676. The van der Waals surface area contributed by atoms with Crippen LogP contribution in [0.2, 0.25) is 0 Å². The molecule has 0 fully saturated rings. The molecule has 0 saturated carbocycles. The average molecular weight is 851 g/mol. The molecule has 2 aromatic carbocycles. The molecule has 1 N–H and O–H groups in total. The number of hydrogen-bond donors (Lipinski definition) is 1. The van der Waals surface area contributed by atoms with E-state index < -0.39 is 16.6 Å². The highest BCUT2D eigenvalue weighted by molar-refractivity contribution is 5.89. The Hall–Kier alpha value is -4.35. The number of carboxylic acids is 1. The minimum Gasteiger partial charge on any atom is -0.478 e. The molecule has 12 heteroatoms. The zero-order valence-corrected chi connectivity index (χ0v) is 37.8. The van der Waals surface area contributed by atoms with Crippen LogP contribution >= 0.6 is 0 Å². The maximum absolute atomic E-state index is 12.6. The van der Waals surface area contributed by atoms with Crippen LogP contribution in [0.5, 0.6) is 0 Å². The van der Waals surface area contributed by atoms with Gasteiger partial charge in [0.2, 0.25) is 0 Å². The number of anilines is 1. The molecule has 0 spiro atoms. The van der Waals surface area contributed by atoms with E-state index in [9.17, 15) is 29.6 Å². The zero-order chi connectivity index (χ0) is 44.2. The van der Waals surface area contributed by atoms with Gasteiger partial charge in [0.1, 0.15) is 13.2 Å². The Kier molecular flexibility index (Phi) is 30.5. The number of nitro benzene ring substituents is 1. The van der Waals surface area contributed by atoms with Gasteiger partial charge >= 0.3 is 17.9 Å². The van der Waals surface area contributed by atoms with Gasteiger partial charge in [-0.3, -0.25) is 19.7 Å². The van der Waals surface area contributed by atoms with Crippen LogP contribution < -0.4 is 4.90 Å². The predicted octanol–water partition coefficient (Wildman–Crippen LogP) is 14.6. The van der Waals surface area contributed by atoms with Crippen molar-refractivity contribution in [3.63, 3.8) is 0 Å². The maximum atomic E-state index is 12.6. The van der Waals surface area contributed by atoms with Crippen molar-refractivity contribution in [3.8, 4) is 0 Å². The van der Waals surface area contributed by atoms with Crippen LogP contribution in [0.1, 0.15) is 204 Å². The lowest BCUT2D eigenvalue weighted by atomic mass is 10.0. The summed E-state index contributed by atoms with van der Waals surface area (Å²) in [5, 5.41) is 28.9. The van der Waals surface area contributed by atoms with Crippen LogP contribution in [0.25, 0.3) is 0 Å². The van der Waals surface area contributed by atoms with Crippen molar-refractivity contribution in [3.05, 3.63) is 58.1 Å². The quantitative estimate of drug-likeness (QED) is 0.0227. The van der Waals surface area contributed by atoms with E-state index in [0.29, 0.717) is 31.6 Å². The lowest BCUT2D eigenvalue weighted by Gasteiger charge is -2.24. The lowest BCUT2D eigenvalue weighted by Crippen LogP contribution is -2.32. The molecule has 342 valence electrons. The summed E-state index contributed by atoms with van der Waals surface area (Å²) in [6, 6.07) is 10.5. The van der Waals surface area contributed by atoms with Crippen LogP contribution in [-0.4, -0.2) is 54.2 Å². The first-order valence-corrected chi connectivity index (χ1v) is 23.8. The summed E-state index contributed by atoms with van der Waals surface area (Å²) in [5.41, 5.74) is 0.468. The van der Waals surface area contributed by atoms with E-state index in [0.717, 1.165) is 50.3 Å². The number of esters is 2. The lowest BCUT2D eigenvalue weighted by molar-refractivity contribution is -0.384. The second-order valence-electron chi connectivity index (χ2n) is 16.4. The Bertz CT molecular complexity index is 1470. The molecule has 2 aromatic rings. The Morgan fingerprint density at radius 2 is 0.967 bits per heavy atom. The van der Waals surface area contributed by atoms with E-state index in [-0.39, 0.29) is 36.4 Å². The van der Waals surface area contributed by atoms with Crippen molar-refractivity contribution in [2.75, 3.05) is 31.2 Å². The molecule has 2 rings (SSSR count). The third-order valence-electron chi connectivity index (χ3n) is 11.1. The fourth-order valence-electron chi connectivity index (χ4n) is 7.36. The number of carbonyl (C=O) groups excluding carboxylic acids is 2. The molecule has 0 heterocycles. The van der Waals surface area contributed by atoms with E-state index in [4.69, 9.17) is 9.47 Å². The van der Waals surface area contributed by atoms with Gasteiger partial charge in [-0.15, -0.1) is 5.11 Å². The number of hydrogen-bond acceptors (Lipinski definition) is 10. The van der Waals surface area contributed by atoms with E-state index in [1.807, 2.05) is 4.90 Å². The molecule has 0 aliphatic rings. The first-order chi connectivity index (χ1) is 29.7. The molecule has 0 aromatic heterocycles. The van der Waals surface area contributed by atoms with E-state index in [2.05, 4.69) is 24.1 Å². The SMILES string of the molecule is CCCCCCCCCCCCCCCC(=O)OCCN(CCOC(=O)CCCCCCCCCCCCCCC)c1ccc(N=Nc2ccc(C(=O)O)cc2[N+](=O)[O-])cc1. The summed E-state index contributed by atoms with van der Waals surface area (Å²) in [4.78, 5) is 49.3. The second kappa shape index (κ2) is 35.3. The molecule has 0 amide bonds. The Balaban J connectivity index is 1.80. The summed E-state index contributed by atoms with van der Waals surface area (Å²) >= 11 is 0. The number of rotatable bonds is 39. The number of nitro groups is 1. The number of carbonyl (C=O) groups is 3. The van der Waals surface area contributed by atoms with Gasteiger partial charge in [0.05, 0.1) is 29.3 Å². The van der Waals surface area contributed by atoms with Gasteiger partial charge in [0.15, 0.2) is 5.69 Å². The Labute approximate surface area is 366 Å². The average Bonchev–Trinajstić information content (AvgIpc) is 3.25.